The van der Waals surface area contributed by atoms with Crippen LogP contribution >= 0.6 is 0 Å². The number of Topliss-reactive ketones (excluding diaryl/α,β-unsaturated/α-hetero) is 1. The van der Waals surface area contributed by atoms with Gasteiger partial charge in [0.05, 0.1) is 40.1 Å². The molecule has 1 fully saturated rings. The standard InChI is InChI=1S/C22H27NO5/c1-15(16-5-8-19(25-2)21(13-16)27-4)22(24)18-7-6-17(14-20(18)26-3)23-9-11-28-12-10-23/h5-8,13-15H,9-12H2,1-4H3. The summed E-state index contributed by atoms with van der Waals surface area (Å²) < 4.78 is 21.6. The first-order valence-corrected chi connectivity index (χ1v) is 9.36. The molecule has 0 radical (unpaired) electrons. The van der Waals surface area contributed by atoms with Crippen LogP contribution in [0.3, 0.4) is 0 Å². The molecular formula is C22H27NO5. The van der Waals surface area contributed by atoms with Crippen molar-refractivity contribution < 1.29 is 23.7 Å². The van der Waals surface area contributed by atoms with Crippen molar-refractivity contribution >= 4 is 11.5 Å². The van der Waals surface area contributed by atoms with E-state index in [9.17, 15) is 4.79 Å². The molecule has 0 aliphatic carbocycles. The summed E-state index contributed by atoms with van der Waals surface area (Å²) in [6, 6.07) is 11.3. The Labute approximate surface area is 166 Å². The van der Waals surface area contributed by atoms with E-state index in [0.29, 0.717) is 36.0 Å². The zero-order valence-corrected chi connectivity index (χ0v) is 16.9. The number of anilines is 1. The van der Waals surface area contributed by atoms with E-state index in [-0.39, 0.29) is 11.7 Å². The highest BCUT2D eigenvalue weighted by Gasteiger charge is 2.23. The second-order valence-electron chi connectivity index (χ2n) is 6.68. The van der Waals surface area contributed by atoms with Crippen LogP contribution in [0.15, 0.2) is 36.4 Å². The van der Waals surface area contributed by atoms with Crippen molar-refractivity contribution in [3.63, 3.8) is 0 Å². The normalized spacial score (nSPS) is 15.1. The number of ketones is 1. The number of benzene rings is 2. The Morgan fingerprint density at radius 1 is 0.929 bits per heavy atom. The quantitative estimate of drug-likeness (QED) is 0.680. The van der Waals surface area contributed by atoms with Gasteiger partial charge in [-0.1, -0.05) is 13.0 Å². The molecule has 2 aromatic rings. The van der Waals surface area contributed by atoms with Crippen LogP contribution in [0.5, 0.6) is 17.2 Å². The van der Waals surface area contributed by atoms with Gasteiger partial charge >= 0.3 is 0 Å². The molecule has 0 spiro atoms. The van der Waals surface area contributed by atoms with Crippen molar-refractivity contribution in [1.82, 2.24) is 0 Å². The minimum atomic E-state index is -0.344. The van der Waals surface area contributed by atoms with E-state index in [1.54, 1.807) is 21.3 Å². The van der Waals surface area contributed by atoms with E-state index in [1.807, 2.05) is 43.3 Å². The number of morpholine rings is 1. The van der Waals surface area contributed by atoms with E-state index < -0.39 is 0 Å². The molecule has 28 heavy (non-hydrogen) atoms. The number of nitrogens with zero attached hydrogens (tertiary/aromatic N) is 1. The zero-order chi connectivity index (χ0) is 20.1. The maximum absolute atomic E-state index is 13.2. The van der Waals surface area contributed by atoms with Crippen LogP contribution in [0, 0.1) is 0 Å². The lowest BCUT2D eigenvalue weighted by atomic mass is 9.91. The summed E-state index contributed by atoms with van der Waals surface area (Å²) >= 11 is 0. The predicted octanol–water partition coefficient (Wildman–Crippen LogP) is 3.54. The summed E-state index contributed by atoms with van der Waals surface area (Å²) in [5, 5.41) is 0. The Balaban J connectivity index is 1.86. The summed E-state index contributed by atoms with van der Waals surface area (Å²) in [6.45, 7) is 4.97. The largest absolute Gasteiger partial charge is 0.496 e. The molecule has 1 unspecified atom stereocenters. The second kappa shape index (κ2) is 8.97. The van der Waals surface area contributed by atoms with Gasteiger partial charge in [-0.25, -0.2) is 0 Å². The van der Waals surface area contributed by atoms with Crippen LogP contribution in [-0.4, -0.2) is 53.4 Å². The molecule has 6 heteroatoms. The van der Waals surface area contributed by atoms with Crippen molar-refractivity contribution in [2.24, 2.45) is 0 Å². The minimum Gasteiger partial charge on any atom is -0.496 e. The fourth-order valence-corrected chi connectivity index (χ4v) is 3.41. The van der Waals surface area contributed by atoms with Gasteiger partial charge < -0.3 is 23.8 Å². The number of carbonyl (C=O) groups is 1. The molecule has 1 aliphatic rings. The van der Waals surface area contributed by atoms with Crippen LogP contribution < -0.4 is 19.1 Å². The fourth-order valence-electron chi connectivity index (χ4n) is 3.41. The fraction of sp³-hybridized carbons (Fsp3) is 0.409. The molecule has 1 heterocycles. The Hall–Kier alpha value is -2.73. The molecule has 6 nitrogen and oxygen atoms in total. The van der Waals surface area contributed by atoms with Crippen molar-refractivity contribution in [2.75, 3.05) is 52.5 Å². The molecule has 1 atom stereocenters. The first-order chi connectivity index (χ1) is 13.6. The van der Waals surface area contributed by atoms with Gasteiger partial charge in [-0.05, 0) is 29.8 Å². The molecule has 0 bridgehead atoms. The van der Waals surface area contributed by atoms with Crippen LogP contribution in [0.2, 0.25) is 0 Å². The molecule has 1 aliphatic heterocycles. The summed E-state index contributed by atoms with van der Waals surface area (Å²) in [4.78, 5) is 15.4. The third-order valence-corrected chi connectivity index (χ3v) is 5.13. The highest BCUT2D eigenvalue weighted by atomic mass is 16.5. The molecule has 0 aromatic heterocycles. The lowest BCUT2D eigenvalue weighted by molar-refractivity contribution is 0.0963. The highest BCUT2D eigenvalue weighted by Crippen LogP contribution is 2.34. The number of carbonyl (C=O) groups excluding carboxylic acids is 1. The number of hydrogen-bond donors (Lipinski definition) is 0. The van der Waals surface area contributed by atoms with Crippen LogP contribution in [-0.2, 0) is 4.74 Å². The summed E-state index contributed by atoms with van der Waals surface area (Å²) in [5.41, 5.74) is 2.47. The number of ether oxygens (including phenoxy) is 4. The number of methoxy groups -OCH3 is 3. The Kier molecular flexibility index (Phi) is 6.41. The number of hydrogen-bond acceptors (Lipinski definition) is 6. The molecule has 0 saturated carbocycles. The average Bonchev–Trinajstić information content (AvgIpc) is 2.77. The molecule has 0 amide bonds. The third kappa shape index (κ3) is 4.07. The van der Waals surface area contributed by atoms with Crippen molar-refractivity contribution in [2.45, 2.75) is 12.8 Å². The van der Waals surface area contributed by atoms with Gasteiger partial charge in [0.25, 0.3) is 0 Å². The first-order valence-electron chi connectivity index (χ1n) is 9.36. The Morgan fingerprint density at radius 2 is 1.61 bits per heavy atom. The van der Waals surface area contributed by atoms with Crippen molar-refractivity contribution in [3.8, 4) is 17.2 Å². The van der Waals surface area contributed by atoms with Gasteiger partial charge in [0.15, 0.2) is 17.3 Å². The van der Waals surface area contributed by atoms with E-state index >= 15 is 0 Å². The highest BCUT2D eigenvalue weighted by molar-refractivity contribution is 6.03. The molecule has 2 aromatic carbocycles. The van der Waals surface area contributed by atoms with Gasteiger partial charge in [0.2, 0.25) is 0 Å². The zero-order valence-electron chi connectivity index (χ0n) is 16.9. The average molecular weight is 385 g/mol. The molecule has 150 valence electrons. The minimum absolute atomic E-state index is 0.00222. The molecular weight excluding hydrogens is 358 g/mol. The summed E-state index contributed by atoms with van der Waals surface area (Å²) in [6.07, 6.45) is 0. The van der Waals surface area contributed by atoms with Crippen LogP contribution in [0.25, 0.3) is 0 Å². The molecule has 3 rings (SSSR count). The van der Waals surface area contributed by atoms with Gasteiger partial charge in [0.1, 0.15) is 5.75 Å². The van der Waals surface area contributed by atoms with E-state index in [4.69, 9.17) is 18.9 Å². The van der Waals surface area contributed by atoms with Crippen LogP contribution in [0.4, 0.5) is 5.69 Å². The van der Waals surface area contributed by atoms with E-state index in [0.717, 1.165) is 24.3 Å². The second-order valence-corrected chi connectivity index (χ2v) is 6.68. The van der Waals surface area contributed by atoms with Crippen LogP contribution in [0.1, 0.15) is 28.8 Å². The van der Waals surface area contributed by atoms with Crippen molar-refractivity contribution in [3.05, 3.63) is 47.5 Å². The lowest BCUT2D eigenvalue weighted by Crippen LogP contribution is -2.36. The maximum atomic E-state index is 13.2. The van der Waals surface area contributed by atoms with E-state index in [2.05, 4.69) is 4.90 Å². The molecule has 1 saturated heterocycles. The topological polar surface area (TPSA) is 57.2 Å². The summed E-state index contributed by atoms with van der Waals surface area (Å²) in [5.74, 6) is 1.48. The van der Waals surface area contributed by atoms with Gasteiger partial charge in [-0.15, -0.1) is 0 Å². The maximum Gasteiger partial charge on any atom is 0.173 e. The predicted molar refractivity (Wildman–Crippen MR) is 108 cm³/mol. The van der Waals surface area contributed by atoms with Gasteiger partial charge in [0, 0.05) is 30.8 Å². The lowest BCUT2D eigenvalue weighted by Gasteiger charge is -2.29. The SMILES string of the molecule is COc1ccc(C(C)C(=O)c2ccc(N3CCOCC3)cc2OC)cc1OC. The summed E-state index contributed by atoms with van der Waals surface area (Å²) in [7, 11) is 4.77. The van der Waals surface area contributed by atoms with Gasteiger partial charge in [-0.3, -0.25) is 4.79 Å². The van der Waals surface area contributed by atoms with E-state index in [1.165, 1.54) is 0 Å². The number of rotatable bonds is 7. The Bertz CT molecular complexity index is 830. The Morgan fingerprint density at radius 3 is 2.25 bits per heavy atom. The smallest absolute Gasteiger partial charge is 0.173 e. The first kappa shape index (κ1) is 20.0. The molecule has 0 N–H and O–H groups in total. The van der Waals surface area contributed by atoms with Gasteiger partial charge in [-0.2, -0.15) is 0 Å². The third-order valence-electron chi connectivity index (χ3n) is 5.13. The monoisotopic (exact) mass is 385 g/mol. The van der Waals surface area contributed by atoms with Crippen molar-refractivity contribution in [1.29, 1.82) is 0 Å².